The van der Waals surface area contributed by atoms with Crippen molar-refractivity contribution in [2.24, 2.45) is 11.7 Å². The van der Waals surface area contributed by atoms with Crippen molar-refractivity contribution < 1.29 is 4.79 Å². The van der Waals surface area contributed by atoms with Gasteiger partial charge in [-0.05, 0) is 24.8 Å². The molecule has 1 aromatic heterocycles. The Hall–Kier alpha value is -1.76. The lowest BCUT2D eigenvalue weighted by molar-refractivity contribution is -0.124. The molecule has 2 aliphatic heterocycles. The summed E-state index contributed by atoms with van der Waals surface area (Å²) in [5, 5.41) is 11.2. The Kier molecular flexibility index (Phi) is 3.52. The second kappa shape index (κ2) is 5.32. The molecule has 3 heterocycles. The molecular formula is C13H17N5OS. The van der Waals surface area contributed by atoms with Gasteiger partial charge in [-0.1, -0.05) is 12.2 Å². The molecule has 2 atom stereocenters. The summed E-state index contributed by atoms with van der Waals surface area (Å²) in [5.41, 5.74) is 6.52. The number of anilines is 1. The van der Waals surface area contributed by atoms with E-state index in [-0.39, 0.29) is 11.9 Å². The quantitative estimate of drug-likeness (QED) is 0.758. The highest BCUT2D eigenvalue weighted by Gasteiger charge is 2.34. The summed E-state index contributed by atoms with van der Waals surface area (Å²) in [5.74, 6) is 1.39. The molecule has 7 heteroatoms. The predicted octanol–water partition coefficient (Wildman–Crippen LogP) is 0.216. The third-order valence-corrected chi connectivity index (χ3v) is 4.31. The topological polar surface area (TPSA) is 84.1 Å². The largest absolute Gasteiger partial charge is 0.389 e. The van der Waals surface area contributed by atoms with E-state index in [1.54, 1.807) is 12.3 Å². The van der Waals surface area contributed by atoms with E-state index in [2.05, 4.69) is 20.4 Å². The van der Waals surface area contributed by atoms with Crippen LogP contribution >= 0.6 is 12.2 Å². The number of aromatic nitrogens is 2. The van der Waals surface area contributed by atoms with E-state index in [1.807, 2.05) is 0 Å². The number of nitrogens with zero attached hydrogens (tertiary/aromatic N) is 3. The monoisotopic (exact) mass is 291 g/mol. The van der Waals surface area contributed by atoms with E-state index in [0.29, 0.717) is 17.3 Å². The first-order chi connectivity index (χ1) is 9.65. The molecule has 0 aliphatic carbocycles. The zero-order valence-electron chi connectivity index (χ0n) is 11.1. The lowest BCUT2D eigenvalue weighted by atomic mass is 9.85. The molecule has 0 spiro atoms. The number of hydrogen-bond donors (Lipinski definition) is 2. The number of nitrogens with two attached hydrogens (primary N) is 1. The van der Waals surface area contributed by atoms with Crippen LogP contribution in [0, 0.1) is 5.92 Å². The number of nitrogens with one attached hydrogen (secondary N) is 1. The number of carbonyl (C=O) groups excluding carboxylic acids is 1. The number of piperidine rings is 2. The molecule has 2 aliphatic rings. The lowest BCUT2D eigenvalue weighted by Crippen LogP contribution is -2.54. The van der Waals surface area contributed by atoms with Gasteiger partial charge in [0.25, 0.3) is 0 Å². The average molecular weight is 291 g/mol. The van der Waals surface area contributed by atoms with Crippen LogP contribution in [-0.4, -0.2) is 40.2 Å². The molecule has 6 nitrogen and oxygen atoms in total. The van der Waals surface area contributed by atoms with Crippen LogP contribution in [0.2, 0.25) is 0 Å². The van der Waals surface area contributed by atoms with Crippen molar-refractivity contribution in [3.63, 3.8) is 0 Å². The van der Waals surface area contributed by atoms with Crippen LogP contribution < -0.4 is 16.0 Å². The second-order valence-electron chi connectivity index (χ2n) is 5.34. The molecule has 0 saturated carbocycles. The minimum absolute atomic E-state index is 0.169. The minimum atomic E-state index is 0.169. The molecule has 0 radical (unpaired) electrons. The Morgan fingerprint density at radius 1 is 1.50 bits per heavy atom. The van der Waals surface area contributed by atoms with Gasteiger partial charge in [0.15, 0.2) is 5.82 Å². The molecule has 3 N–H and O–H groups in total. The standard InChI is InChI=1S/C13H17N5OS/c14-12(20)9-3-5-15-17-13(9)18-6-4-10-8(7-18)1-2-11(19)16-10/h3,5,8,10H,1-2,4,6-7H2,(H2,14,20)(H,16,19). The van der Waals surface area contributed by atoms with Crippen molar-refractivity contribution in [1.29, 1.82) is 0 Å². The summed E-state index contributed by atoms with van der Waals surface area (Å²) in [6, 6.07) is 2.09. The van der Waals surface area contributed by atoms with E-state index in [9.17, 15) is 4.79 Å². The van der Waals surface area contributed by atoms with Crippen molar-refractivity contribution in [2.75, 3.05) is 18.0 Å². The van der Waals surface area contributed by atoms with Crippen LogP contribution in [0.5, 0.6) is 0 Å². The molecule has 2 fully saturated rings. The van der Waals surface area contributed by atoms with E-state index in [1.165, 1.54) is 0 Å². The zero-order valence-corrected chi connectivity index (χ0v) is 11.9. The fourth-order valence-corrected chi connectivity index (χ4v) is 3.21. The van der Waals surface area contributed by atoms with Crippen molar-refractivity contribution in [3.05, 3.63) is 17.8 Å². The van der Waals surface area contributed by atoms with Gasteiger partial charge in [-0.2, -0.15) is 5.10 Å². The molecule has 0 bridgehead atoms. The highest BCUT2D eigenvalue weighted by molar-refractivity contribution is 7.80. The summed E-state index contributed by atoms with van der Waals surface area (Å²) in [7, 11) is 0. The SMILES string of the molecule is NC(=S)c1ccnnc1N1CCC2NC(=O)CCC2C1. The Morgan fingerprint density at radius 2 is 2.35 bits per heavy atom. The van der Waals surface area contributed by atoms with Crippen molar-refractivity contribution in [2.45, 2.75) is 25.3 Å². The normalized spacial score (nSPS) is 25.8. The third-order valence-electron chi connectivity index (χ3n) is 4.09. The van der Waals surface area contributed by atoms with E-state index >= 15 is 0 Å². The Balaban J connectivity index is 1.80. The number of fused-ring (bicyclic) bond motifs is 1. The van der Waals surface area contributed by atoms with Gasteiger partial charge in [-0.15, -0.1) is 5.10 Å². The minimum Gasteiger partial charge on any atom is -0.389 e. The first-order valence-electron chi connectivity index (χ1n) is 6.81. The Labute approximate surface area is 122 Å². The van der Waals surface area contributed by atoms with E-state index in [4.69, 9.17) is 18.0 Å². The summed E-state index contributed by atoms with van der Waals surface area (Å²) in [6.45, 7) is 1.69. The maximum Gasteiger partial charge on any atom is 0.220 e. The van der Waals surface area contributed by atoms with E-state index < -0.39 is 0 Å². The van der Waals surface area contributed by atoms with Crippen molar-refractivity contribution in [3.8, 4) is 0 Å². The van der Waals surface area contributed by atoms with Gasteiger partial charge in [0, 0.05) is 25.6 Å². The van der Waals surface area contributed by atoms with Gasteiger partial charge >= 0.3 is 0 Å². The molecule has 2 saturated heterocycles. The van der Waals surface area contributed by atoms with Crippen LogP contribution in [0.3, 0.4) is 0 Å². The number of carbonyl (C=O) groups is 1. The highest BCUT2D eigenvalue weighted by Crippen LogP contribution is 2.29. The second-order valence-corrected chi connectivity index (χ2v) is 5.78. The van der Waals surface area contributed by atoms with Gasteiger partial charge in [0.2, 0.25) is 5.91 Å². The molecule has 1 aromatic rings. The van der Waals surface area contributed by atoms with Gasteiger partial charge in [0.1, 0.15) is 4.99 Å². The van der Waals surface area contributed by atoms with Gasteiger partial charge in [0.05, 0.1) is 11.8 Å². The first kappa shape index (κ1) is 13.2. The lowest BCUT2D eigenvalue weighted by Gasteiger charge is -2.42. The molecule has 1 amide bonds. The smallest absolute Gasteiger partial charge is 0.220 e. The maximum atomic E-state index is 11.4. The average Bonchev–Trinajstić information content (AvgIpc) is 2.46. The highest BCUT2D eigenvalue weighted by atomic mass is 32.1. The summed E-state index contributed by atoms with van der Waals surface area (Å²) in [6.07, 6.45) is 4.06. The van der Waals surface area contributed by atoms with Crippen LogP contribution in [-0.2, 0) is 4.79 Å². The molecule has 0 aromatic carbocycles. The molecule has 20 heavy (non-hydrogen) atoms. The predicted molar refractivity (Wildman–Crippen MR) is 79.4 cm³/mol. The zero-order chi connectivity index (χ0) is 14.1. The van der Waals surface area contributed by atoms with Gasteiger partial charge in [-0.3, -0.25) is 4.79 Å². The molecular weight excluding hydrogens is 274 g/mol. The van der Waals surface area contributed by atoms with Gasteiger partial charge in [-0.25, -0.2) is 0 Å². The van der Waals surface area contributed by atoms with Crippen molar-refractivity contribution >= 4 is 28.9 Å². The number of thiocarbonyl (C=S) groups is 1. The maximum absolute atomic E-state index is 11.4. The summed E-state index contributed by atoms with van der Waals surface area (Å²) < 4.78 is 0. The number of rotatable bonds is 2. The first-order valence-corrected chi connectivity index (χ1v) is 7.22. The summed E-state index contributed by atoms with van der Waals surface area (Å²) in [4.78, 5) is 14.0. The van der Waals surface area contributed by atoms with E-state index in [0.717, 1.165) is 37.3 Å². The van der Waals surface area contributed by atoms with Crippen molar-refractivity contribution in [1.82, 2.24) is 15.5 Å². The van der Waals surface area contributed by atoms with Crippen LogP contribution in [0.25, 0.3) is 0 Å². The molecule has 3 rings (SSSR count). The fraction of sp³-hybridized carbons (Fsp3) is 0.538. The fourth-order valence-electron chi connectivity index (χ4n) is 3.05. The molecule has 2 unspecified atom stereocenters. The Bertz CT molecular complexity index is 549. The Morgan fingerprint density at radius 3 is 3.15 bits per heavy atom. The van der Waals surface area contributed by atoms with Crippen LogP contribution in [0.15, 0.2) is 12.3 Å². The summed E-state index contributed by atoms with van der Waals surface area (Å²) >= 11 is 5.08. The third kappa shape index (κ3) is 2.45. The molecule has 106 valence electrons. The van der Waals surface area contributed by atoms with Crippen LogP contribution in [0.1, 0.15) is 24.8 Å². The number of amides is 1. The van der Waals surface area contributed by atoms with Gasteiger partial charge < -0.3 is 16.0 Å². The van der Waals surface area contributed by atoms with Crippen LogP contribution in [0.4, 0.5) is 5.82 Å². The number of hydrogen-bond acceptors (Lipinski definition) is 5.